The van der Waals surface area contributed by atoms with Crippen molar-refractivity contribution in [2.45, 2.75) is 38.8 Å². The van der Waals surface area contributed by atoms with Gasteiger partial charge in [-0.05, 0) is 31.9 Å². The predicted molar refractivity (Wildman–Crippen MR) is 81.0 cm³/mol. The number of hydrogen-bond donors (Lipinski definition) is 1. The zero-order chi connectivity index (χ0) is 17.9. The van der Waals surface area contributed by atoms with Crippen LogP contribution in [-0.2, 0) is 19.1 Å². The van der Waals surface area contributed by atoms with Crippen LogP contribution < -0.4 is 5.32 Å². The maximum Gasteiger partial charge on any atom is 0.329 e. The highest BCUT2D eigenvalue weighted by Gasteiger charge is 2.35. The summed E-state index contributed by atoms with van der Waals surface area (Å²) in [6.45, 7) is 3.20. The van der Waals surface area contributed by atoms with Gasteiger partial charge in [-0.3, -0.25) is 9.59 Å². The van der Waals surface area contributed by atoms with Crippen LogP contribution in [0.4, 0.5) is 14.5 Å². The van der Waals surface area contributed by atoms with Gasteiger partial charge in [-0.1, -0.05) is 0 Å². The summed E-state index contributed by atoms with van der Waals surface area (Å²) < 4.78 is 31.1. The number of ether oxygens (including phenoxy) is 1. The molecule has 24 heavy (non-hydrogen) atoms. The highest BCUT2D eigenvalue weighted by atomic mass is 19.2. The molecule has 8 heteroatoms. The Morgan fingerprint density at radius 3 is 2.62 bits per heavy atom. The number of rotatable bonds is 4. The first kappa shape index (κ1) is 17.8. The number of esters is 1. The number of amides is 2. The number of benzene rings is 1. The topological polar surface area (TPSA) is 75.7 Å². The van der Waals surface area contributed by atoms with Gasteiger partial charge in [0.15, 0.2) is 17.7 Å². The highest BCUT2D eigenvalue weighted by molar-refractivity contribution is 5.95. The molecule has 1 fully saturated rings. The van der Waals surface area contributed by atoms with Crippen molar-refractivity contribution >= 4 is 23.5 Å². The second-order valence-electron chi connectivity index (χ2n) is 5.57. The number of hydrogen-bond acceptors (Lipinski definition) is 4. The van der Waals surface area contributed by atoms with Crippen LogP contribution in [0.3, 0.4) is 0 Å². The number of carbonyl (C=O) groups is 3. The number of anilines is 1. The third kappa shape index (κ3) is 4.06. The Hall–Kier alpha value is -2.51. The Kier molecular flexibility index (Phi) is 5.48. The van der Waals surface area contributed by atoms with Crippen molar-refractivity contribution in [3.05, 3.63) is 29.8 Å². The molecular formula is C16H18F2N2O4. The molecule has 2 atom stereocenters. The molecule has 0 bridgehead atoms. The molecule has 1 heterocycles. The predicted octanol–water partition coefficient (Wildman–Crippen LogP) is 1.85. The number of likely N-dealkylation sites (tertiary alicyclic amines) is 1. The molecule has 1 aliphatic heterocycles. The van der Waals surface area contributed by atoms with E-state index in [-0.39, 0.29) is 11.6 Å². The summed E-state index contributed by atoms with van der Waals surface area (Å²) in [6, 6.07) is 2.21. The fraction of sp³-hybridized carbons (Fsp3) is 0.438. The average molecular weight is 340 g/mol. The summed E-state index contributed by atoms with van der Waals surface area (Å²) in [5.74, 6) is -3.69. The number of halogens is 2. The average Bonchev–Trinajstić information content (AvgIpc) is 3.00. The zero-order valence-electron chi connectivity index (χ0n) is 13.3. The Balaban J connectivity index is 1.94. The number of nitrogens with zero attached hydrogens (tertiary/aromatic N) is 1. The second-order valence-corrected chi connectivity index (χ2v) is 5.57. The first-order valence-corrected chi connectivity index (χ1v) is 7.53. The van der Waals surface area contributed by atoms with Gasteiger partial charge in [-0.2, -0.15) is 0 Å². The Labute approximate surface area is 137 Å². The Morgan fingerprint density at radius 1 is 1.29 bits per heavy atom. The normalized spacial score (nSPS) is 18.2. The van der Waals surface area contributed by atoms with E-state index >= 15 is 0 Å². The van der Waals surface area contributed by atoms with Crippen LogP contribution >= 0.6 is 0 Å². The van der Waals surface area contributed by atoms with Gasteiger partial charge in [-0.15, -0.1) is 0 Å². The van der Waals surface area contributed by atoms with Crippen molar-refractivity contribution in [2.75, 3.05) is 11.9 Å². The smallest absolute Gasteiger partial charge is 0.329 e. The monoisotopic (exact) mass is 340 g/mol. The first-order valence-electron chi connectivity index (χ1n) is 7.53. The molecule has 1 aromatic rings. The fourth-order valence-corrected chi connectivity index (χ4v) is 2.51. The third-order valence-electron chi connectivity index (χ3n) is 3.78. The molecule has 1 N–H and O–H groups in total. The maximum absolute atomic E-state index is 13.1. The van der Waals surface area contributed by atoms with Crippen LogP contribution in [0, 0.1) is 11.6 Å². The van der Waals surface area contributed by atoms with Crippen LogP contribution in [0.15, 0.2) is 18.2 Å². The Bertz CT molecular complexity index is 665. The summed E-state index contributed by atoms with van der Waals surface area (Å²) >= 11 is 0. The molecule has 1 aromatic carbocycles. The van der Waals surface area contributed by atoms with Crippen molar-refractivity contribution in [1.82, 2.24) is 4.90 Å². The Morgan fingerprint density at radius 2 is 2.00 bits per heavy atom. The van der Waals surface area contributed by atoms with Crippen LogP contribution in [0.5, 0.6) is 0 Å². The van der Waals surface area contributed by atoms with E-state index < -0.39 is 35.7 Å². The molecule has 130 valence electrons. The quantitative estimate of drug-likeness (QED) is 0.849. The molecule has 0 unspecified atom stereocenters. The van der Waals surface area contributed by atoms with Crippen molar-refractivity contribution in [1.29, 1.82) is 0 Å². The third-order valence-corrected chi connectivity index (χ3v) is 3.78. The van der Waals surface area contributed by atoms with Gasteiger partial charge >= 0.3 is 5.97 Å². The summed E-state index contributed by atoms with van der Waals surface area (Å²) in [4.78, 5) is 37.0. The summed E-state index contributed by atoms with van der Waals surface area (Å²) in [5, 5.41) is 2.34. The minimum absolute atomic E-state index is 0.0491. The maximum atomic E-state index is 13.1. The van der Waals surface area contributed by atoms with E-state index in [0.29, 0.717) is 19.4 Å². The van der Waals surface area contributed by atoms with Crippen LogP contribution in [-0.4, -0.2) is 41.4 Å². The van der Waals surface area contributed by atoms with E-state index in [9.17, 15) is 23.2 Å². The van der Waals surface area contributed by atoms with Crippen molar-refractivity contribution in [3.8, 4) is 0 Å². The lowest BCUT2D eigenvalue weighted by Crippen LogP contribution is -2.42. The molecule has 1 saturated heterocycles. The van der Waals surface area contributed by atoms with Crippen LogP contribution in [0.2, 0.25) is 0 Å². The standard InChI is InChI=1S/C16H18F2N2O4/c1-9(15(22)19-11-5-6-12(17)13(18)8-11)24-16(23)14-4-3-7-20(14)10(2)21/h5-6,8-9,14H,3-4,7H2,1-2H3,(H,19,22)/t9-,14-/m0/s1. The van der Waals surface area contributed by atoms with Gasteiger partial charge in [0, 0.05) is 25.2 Å². The van der Waals surface area contributed by atoms with E-state index in [1.54, 1.807) is 0 Å². The molecule has 6 nitrogen and oxygen atoms in total. The molecule has 2 rings (SSSR count). The van der Waals surface area contributed by atoms with E-state index in [1.165, 1.54) is 24.8 Å². The molecule has 2 amide bonds. The zero-order valence-corrected chi connectivity index (χ0v) is 13.3. The lowest BCUT2D eigenvalue weighted by Gasteiger charge is -2.23. The lowest BCUT2D eigenvalue weighted by molar-refractivity contribution is -0.159. The minimum atomic E-state index is -1.14. The molecule has 0 saturated carbocycles. The lowest BCUT2D eigenvalue weighted by atomic mass is 10.2. The molecular weight excluding hydrogens is 322 g/mol. The SMILES string of the molecule is CC(=O)N1CCC[C@H]1C(=O)O[C@@H](C)C(=O)Nc1ccc(F)c(F)c1. The van der Waals surface area contributed by atoms with E-state index in [2.05, 4.69) is 5.32 Å². The second kappa shape index (κ2) is 7.37. The van der Waals surface area contributed by atoms with Crippen LogP contribution in [0.25, 0.3) is 0 Å². The van der Waals surface area contributed by atoms with Crippen LogP contribution in [0.1, 0.15) is 26.7 Å². The number of nitrogens with one attached hydrogen (secondary N) is 1. The largest absolute Gasteiger partial charge is 0.451 e. The van der Waals surface area contributed by atoms with Gasteiger partial charge < -0.3 is 15.0 Å². The van der Waals surface area contributed by atoms with E-state index in [1.807, 2.05) is 0 Å². The molecule has 1 aliphatic rings. The van der Waals surface area contributed by atoms with Crippen molar-refractivity contribution in [2.24, 2.45) is 0 Å². The van der Waals surface area contributed by atoms with Crippen molar-refractivity contribution in [3.63, 3.8) is 0 Å². The van der Waals surface area contributed by atoms with E-state index in [4.69, 9.17) is 4.74 Å². The van der Waals surface area contributed by atoms with Gasteiger partial charge in [-0.25, -0.2) is 13.6 Å². The van der Waals surface area contributed by atoms with Gasteiger partial charge in [0.25, 0.3) is 5.91 Å². The highest BCUT2D eigenvalue weighted by Crippen LogP contribution is 2.19. The van der Waals surface area contributed by atoms with Gasteiger partial charge in [0.2, 0.25) is 5.91 Å². The van der Waals surface area contributed by atoms with Crippen molar-refractivity contribution < 1.29 is 27.9 Å². The molecule has 0 radical (unpaired) electrons. The first-order chi connectivity index (χ1) is 11.3. The molecule has 0 aliphatic carbocycles. The fourth-order valence-electron chi connectivity index (χ4n) is 2.51. The molecule has 0 aromatic heterocycles. The molecule has 0 spiro atoms. The van der Waals surface area contributed by atoms with E-state index in [0.717, 1.165) is 12.1 Å². The number of carbonyl (C=O) groups excluding carboxylic acids is 3. The van der Waals surface area contributed by atoms with Gasteiger partial charge in [0.05, 0.1) is 0 Å². The minimum Gasteiger partial charge on any atom is -0.451 e. The summed E-state index contributed by atoms with van der Waals surface area (Å²) in [7, 11) is 0. The summed E-state index contributed by atoms with van der Waals surface area (Å²) in [5.41, 5.74) is 0.0491. The summed E-state index contributed by atoms with van der Waals surface area (Å²) in [6.07, 6.45) is 0.0325. The van der Waals surface area contributed by atoms with Gasteiger partial charge in [0.1, 0.15) is 6.04 Å².